The molecule has 1 N–H and O–H groups in total. The van der Waals surface area contributed by atoms with Gasteiger partial charge < -0.3 is 14.6 Å². The van der Waals surface area contributed by atoms with Gasteiger partial charge in [0, 0.05) is 68.6 Å². The van der Waals surface area contributed by atoms with Gasteiger partial charge in [-0.3, -0.25) is 14.6 Å². The van der Waals surface area contributed by atoms with Gasteiger partial charge in [0.25, 0.3) is 0 Å². The summed E-state index contributed by atoms with van der Waals surface area (Å²) >= 11 is 0. The second kappa shape index (κ2) is 10.7. The van der Waals surface area contributed by atoms with E-state index in [0.717, 1.165) is 58.0 Å². The topological polar surface area (TPSA) is 49.7 Å². The van der Waals surface area contributed by atoms with Crippen molar-refractivity contribution in [3.05, 3.63) is 78.4 Å². The number of piperazine rings is 1. The summed E-state index contributed by atoms with van der Waals surface area (Å²) < 4.78 is 8.78. The molecule has 1 amide bonds. The van der Waals surface area contributed by atoms with Crippen LogP contribution in [-0.2, 0) is 11.3 Å². The van der Waals surface area contributed by atoms with Gasteiger partial charge in [-0.15, -0.1) is 0 Å². The molecule has 1 aliphatic rings. The number of hydrogen-bond donors (Lipinski definition) is 1. The smallest absolute Gasteiger partial charge is 0.207 e. The Hall–Kier alpha value is -3.35. The van der Waals surface area contributed by atoms with Gasteiger partial charge in [-0.2, -0.15) is 0 Å². The van der Waals surface area contributed by atoms with E-state index in [1.54, 1.807) is 0 Å². The molecule has 5 rings (SSSR count). The van der Waals surface area contributed by atoms with Gasteiger partial charge >= 0.3 is 0 Å². The Morgan fingerprint density at radius 2 is 1.50 bits per heavy atom. The number of carbonyl (C=O) groups is 1. The van der Waals surface area contributed by atoms with Crippen molar-refractivity contribution in [3.8, 4) is 5.75 Å². The van der Waals surface area contributed by atoms with Crippen molar-refractivity contribution >= 4 is 28.2 Å². The fraction of sp³-hybridized carbons (Fsp3) is 0.321. The van der Waals surface area contributed by atoms with Crippen LogP contribution >= 0.6 is 0 Å². The Morgan fingerprint density at radius 1 is 0.794 bits per heavy atom. The molecule has 2 heterocycles. The summed E-state index contributed by atoms with van der Waals surface area (Å²) in [4.78, 5) is 15.3. The number of amides is 1. The Balaban J connectivity index is 1.28. The minimum absolute atomic E-state index is 0.671. The first-order valence-electron chi connectivity index (χ1n) is 12.1. The van der Waals surface area contributed by atoms with Gasteiger partial charge in [0.15, 0.2) is 0 Å². The van der Waals surface area contributed by atoms with E-state index in [4.69, 9.17) is 4.74 Å². The van der Waals surface area contributed by atoms with Crippen LogP contribution in [0.3, 0.4) is 0 Å². The molecular formula is C28H32N4O2. The van der Waals surface area contributed by atoms with Crippen LogP contribution in [0.1, 0.15) is 5.56 Å². The van der Waals surface area contributed by atoms with Crippen molar-refractivity contribution in [1.82, 2.24) is 19.7 Å². The number of nitrogens with zero attached hydrogens (tertiary/aromatic N) is 3. The Morgan fingerprint density at radius 3 is 2.29 bits per heavy atom. The third kappa shape index (κ3) is 4.93. The standard InChI is InChI=1S/C28H32N4O2/c33-22-29-13-14-30-15-17-31(18-16-30)19-20-34-27-12-6-11-26-28(27)24-9-4-5-10-25(24)32(26)21-23-7-2-1-3-8-23/h1-12,22H,13-21H2,(H,29,33). The van der Waals surface area contributed by atoms with Crippen LogP contribution in [0, 0.1) is 0 Å². The second-order valence-electron chi connectivity index (χ2n) is 8.84. The third-order valence-electron chi connectivity index (χ3n) is 6.73. The molecule has 6 nitrogen and oxygen atoms in total. The largest absolute Gasteiger partial charge is 0.492 e. The molecule has 1 saturated heterocycles. The zero-order valence-corrected chi connectivity index (χ0v) is 19.5. The molecule has 0 atom stereocenters. The van der Waals surface area contributed by atoms with Crippen LogP contribution in [0.2, 0.25) is 0 Å². The Labute approximate surface area is 200 Å². The molecule has 0 aliphatic carbocycles. The minimum atomic E-state index is 0.671. The van der Waals surface area contributed by atoms with Gasteiger partial charge in [0.1, 0.15) is 12.4 Å². The maximum atomic E-state index is 10.4. The lowest BCUT2D eigenvalue weighted by Gasteiger charge is -2.34. The summed E-state index contributed by atoms with van der Waals surface area (Å²) in [7, 11) is 0. The maximum Gasteiger partial charge on any atom is 0.207 e. The highest BCUT2D eigenvalue weighted by Crippen LogP contribution is 2.36. The highest BCUT2D eigenvalue weighted by molar-refractivity contribution is 6.11. The summed E-state index contributed by atoms with van der Waals surface area (Å²) in [6.45, 7) is 8.18. The molecule has 1 aliphatic heterocycles. The van der Waals surface area contributed by atoms with Crippen molar-refractivity contribution in [2.45, 2.75) is 6.54 Å². The fourth-order valence-corrected chi connectivity index (χ4v) is 4.92. The fourth-order valence-electron chi connectivity index (χ4n) is 4.92. The van der Waals surface area contributed by atoms with Crippen LogP contribution in [0.4, 0.5) is 0 Å². The van der Waals surface area contributed by atoms with Crippen molar-refractivity contribution in [1.29, 1.82) is 0 Å². The molecule has 1 aromatic heterocycles. The number of hydrogen-bond acceptors (Lipinski definition) is 4. The number of carbonyl (C=O) groups excluding carboxylic acids is 1. The predicted molar refractivity (Wildman–Crippen MR) is 137 cm³/mol. The molecule has 0 unspecified atom stereocenters. The molecule has 176 valence electrons. The van der Waals surface area contributed by atoms with Gasteiger partial charge in [-0.1, -0.05) is 54.6 Å². The van der Waals surface area contributed by atoms with Gasteiger partial charge in [0.05, 0.1) is 5.52 Å². The lowest BCUT2D eigenvalue weighted by molar-refractivity contribution is -0.109. The van der Waals surface area contributed by atoms with E-state index in [1.807, 2.05) is 0 Å². The van der Waals surface area contributed by atoms with Gasteiger partial charge in [-0.25, -0.2) is 0 Å². The minimum Gasteiger partial charge on any atom is -0.492 e. The van der Waals surface area contributed by atoms with Gasteiger partial charge in [-0.05, 0) is 23.8 Å². The number of fused-ring (bicyclic) bond motifs is 3. The highest BCUT2D eigenvalue weighted by atomic mass is 16.5. The van der Waals surface area contributed by atoms with Gasteiger partial charge in [0.2, 0.25) is 6.41 Å². The van der Waals surface area contributed by atoms with E-state index in [2.05, 4.69) is 92.5 Å². The van der Waals surface area contributed by atoms with Crippen LogP contribution in [0.15, 0.2) is 72.8 Å². The predicted octanol–water partition coefficient (Wildman–Crippen LogP) is 3.59. The molecule has 0 saturated carbocycles. The summed E-state index contributed by atoms with van der Waals surface area (Å²) in [5.74, 6) is 0.957. The normalized spacial score (nSPS) is 15.1. The number of benzene rings is 3. The Kier molecular flexibility index (Phi) is 7.08. The summed E-state index contributed by atoms with van der Waals surface area (Å²) in [5, 5.41) is 5.18. The van der Waals surface area contributed by atoms with Crippen molar-refractivity contribution in [2.75, 3.05) is 52.4 Å². The maximum absolute atomic E-state index is 10.4. The summed E-state index contributed by atoms with van der Waals surface area (Å²) in [6.07, 6.45) is 0.771. The average molecular weight is 457 g/mol. The molecule has 6 heteroatoms. The zero-order valence-electron chi connectivity index (χ0n) is 19.5. The molecular weight excluding hydrogens is 424 g/mol. The van der Waals surface area contributed by atoms with Crippen molar-refractivity contribution < 1.29 is 9.53 Å². The third-order valence-corrected chi connectivity index (χ3v) is 6.73. The molecule has 0 bridgehead atoms. The first kappa shape index (κ1) is 22.4. The average Bonchev–Trinajstić information content (AvgIpc) is 3.20. The van der Waals surface area contributed by atoms with E-state index >= 15 is 0 Å². The van der Waals surface area contributed by atoms with Crippen molar-refractivity contribution in [3.63, 3.8) is 0 Å². The zero-order chi connectivity index (χ0) is 23.2. The number of ether oxygens (including phenoxy) is 1. The number of para-hydroxylation sites is 1. The van der Waals surface area contributed by atoms with E-state index in [9.17, 15) is 4.79 Å². The molecule has 0 spiro atoms. The quantitative estimate of drug-likeness (QED) is 0.293. The molecule has 4 aromatic rings. The molecule has 0 radical (unpaired) electrons. The van der Waals surface area contributed by atoms with E-state index in [-0.39, 0.29) is 0 Å². The van der Waals surface area contributed by atoms with E-state index < -0.39 is 0 Å². The highest BCUT2D eigenvalue weighted by Gasteiger charge is 2.18. The lowest BCUT2D eigenvalue weighted by atomic mass is 10.1. The second-order valence-corrected chi connectivity index (χ2v) is 8.84. The number of rotatable bonds is 10. The number of aromatic nitrogens is 1. The number of nitrogens with one attached hydrogen (secondary N) is 1. The lowest BCUT2D eigenvalue weighted by Crippen LogP contribution is -2.48. The first-order chi connectivity index (χ1) is 16.8. The van der Waals surface area contributed by atoms with Crippen LogP contribution in [-0.4, -0.2) is 73.2 Å². The van der Waals surface area contributed by atoms with E-state index in [1.165, 1.54) is 27.4 Å². The van der Waals surface area contributed by atoms with Crippen molar-refractivity contribution in [2.24, 2.45) is 0 Å². The van der Waals surface area contributed by atoms with Crippen LogP contribution < -0.4 is 10.1 Å². The summed E-state index contributed by atoms with van der Waals surface area (Å²) in [5.41, 5.74) is 3.73. The molecule has 3 aromatic carbocycles. The molecule has 1 fully saturated rings. The molecule has 34 heavy (non-hydrogen) atoms. The van der Waals surface area contributed by atoms with E-state index in [0.29, 0.717) is 13.2 Å². The van der Waals surface area contributed by atoms with Crippen LogP contribution in [0.5, 0.6) is 5.75 Å². The first-order valence-corrected chi connectivity index (χ1v) is 12.1. The monoisotopic (exact) mass is 456 g/mol. The Bertz CT molecular complexity index is 1230. The SMILES string of the molecule is O=CNCCN1CCN(CCOc2cccc3c2c2ccccc2n3Cc2ccccc2)CC1. The van der Waals surface area contributed by atoms with Crippen LogP contribution in [0.25, 0.3) is 21.8 Å². The summed E-state index contributed by atoms with van der Waals surface area (Å²) in [6, 6.07) is 25.6.